The Morgan fingerprint density at radius 2 is 1.86 bits per heavy atom. The summed E-state index contributed by atoms with van der Waals surface area (Å²) >= 11 is 0. The molecule has 116 valence electrons. The highest BCUT2D eigenvalue weighted by Gasteiger charge is 2.23. The van der Waals surface area contributed by atoms with Crippen LogP contribution in [0.15, 0.2) is 12.1 Å². The topological polar surface area (TPSA) is 80.4 Å². The van der Waals surface area contributed by atoms with Gasteiger partial charge in [0.15, 0.2) is 0 Å². The zero-order chi connectivity index (χ0) is 14.7. The number of aliphatic hydroxyl groups is 1. The lowest BCUT2D eigenvalue weighted by Crippen LogP contribution is -2.23. The molecule has 5 heteroatoms. The lowest BCUT2D eigenvalue weighted by Gasteiger charge is -2.25. The van der Waals surface area contributed by atoms with Gasteiger partial charge in [-0.2, -0.15) is 4.98 Å². The van der Waals surface area contributed by atoms with Crippen molar-refractivity contribution in [3.8, 4) is 5.88 Å². The van der Waals surface area contributed by atoms with Crippen molar-refractivity contribution in [1.82, 2.24) is 4.98 Å². The number of aromatic nitrogens is 1. The highest BCUT2D eigenvalue weighted by atomic mass is 16.5. The third kappa shape index (κ3) is 4.24. The summed E-state index contributed by atoms with van der Waals surface area (Å²) in [4.78, 5) is 4.46. The molecule has 3 rings (SSSR count). The molecule has 0 radical (unpaired) electrons. The summed E-state index contributed by atoms with van der Waals surface area (Å²) in [6, 6.07) is 3.75. The predicted octanol–water partition coefficient (Wildman–Crippen LogP) is 2.42. The van der Waals surface area contributed by atoms with Crippen LogP contribution in [0.25, 0.3) is 0 Å². The number of aliphatic hydroxyl groups excluding tert-OH is 1. The van der Waals surface area contributed by atoms with Crippen LogP contribution in [0.5, 0.6) is 5.88 Å². The van der Waals surface area contributed by atoms with Crippen molar-refractivity contribution >= 4 is 11.5 Å². The van der Waals surface area contributed by atoms with Gasteiger partial charge in [-0.15, -0.1) is 0 Å². The average Bonchev–Trinajstić information content (AvgIpc) is 3.31. The first-order valence-corrected chi connectivity index (χ1v) is 8.02. The minimum Gasteiger partial charge on any atom is -0.476 e. The SMILES string of the molecule is Nc1ccc(NCC2CCC(O)CC2)nc1OCC1CC1. The molecule has 2 saturated carbocycles. The van der Waals surface area contributed by atoms with Crippen LogP contribution in [0.1, 0.15) is 38.5 Å². The number of nitrogens with one attached hydrogen (secondary N) is 1. The maximum absolute atomic E-state index is 9.52. The van der Waals surface area contributed by atoms with Crippen LogP contribution in [0, 0.1) is 11.8 Å². The summed E-state index contributed by atoms with van der Waals surface area (Å²) in [5.74, 6) is 2.67. The second kappa shape index (κ2) is 6.52. The van der Waals surface area contributed by atoms with Crippen LogP contribution < -0.4 is 15.8 Å². The van der Waals surface area contributed by atoms with E-state index in [1.807, 2.05) is 12.1 Å². The van der Waals surface area contributed by atoms with E-state index in [9.17, 15) is 5.11 Å². The molecule has 4 N–H and O–H groups in total. The molecule has 1 aromatic rings. The summed E-state index contributed by atoms with van der Waals surface area (Å²) in [5, 5.41) is 12.9. The van der Waals surface area contributed by atoms with E-state index >= 15 is 0 Å². The van der Waals surface area contributed by atoms with E-state index in [-0.39, 0.29) is 6.10 Å². The molecule has 0 unspecified atom stereocenters. The van der Waals surface area contributed by atoms with Gasteiger partial charge in [0, 0.05) is 6.54 Å². The number of nitrogen functional groups attached to an aromatic ring is 1. The first-order valence-electron chi connectivity index (χ1n) is 8.02. The van der Waals surface area contributed by atoms with Crippen LogP contribution in [-0.2, 0) is 0 Å². The Balaban J connectivity index is 1.51. The molecule has 0 amide bonds. The van der Waals surface area contributed by atoms with Gasteiger partial charge in [-0.3, -0.25) is 0 Å². The smallest absolute Gasteiger partial charge is 0.239 e. The number of hydrogen-bond donors (Lipinski definition) is 3. The number of rotatable bonds is 6. The van der Waals surface area contributed by atoms with Crippen LogP contribution in [-0.4, -0.2) is 29.3 Å². The molecule has 1 aromatic heterocycles. The lowest BCUT2D eigenvalue weighted by atomic mass is 9.87. The third-order valence-electron chi connectivity index (χ3n) is 4.43. The molecule has 2 aliphatic carbocycles. The Labute approximate surface area is 125 Å². The molecule has 21 heavy (non-hydrogen) atoms. The van der Waals surface area contributed by atoms with E-state index in [1.165, 1.54) is 12.8 Å². The van der Waals surface area contributed by atoms with Gasteiger partial charge in [0.25, 0.3) is 0 Å². The predicted molar refractivity (Wildman–Crippen MR) is 83.3 cm³/mol. The standard InChI is InChI=1S/C16H25N3O2/c17-14-7-8-15(19-16(14)21-10-12-1-2-12)18-9-11-3-5-13(20)6-4-11/h7-8,11-13,20H,1-6,9-10,17H2,(H,18,19). The summed E-state index contributed by atoms with van der Waals surface area (Å²) in [6.45, 7) is 1.62. The van der Waals surface area contributed by atoms with Gasteiger partial charge < -0.3 is 20.9 Å². The van der Waals surface area contributed by atoms with Crippen LogP contribution in [0.2, 0.25) is 0 Å². The van der Waals surface area contributed by atoms with Crippen molar-refractivity contribution in [3.63, 3.8) is 0 Å². The van der Waals surface area contributed by atoms with Crippen LogP contribution in [0.4, 0.5) is 11.5 Å². The van der Waals surface area contributed by atoms with E-state index in [2.05, 4.69) is 10.3 Å². The van der Waals surface area contributed by atoms with Gasteiger partial charge in [-0.05, 0) is 62.5 Å². The van der Waals surface area contributed by atoms with Crippen molar-refractivity contribution in [2.45, 2.75) is 44.6 Å². The lowest BCUT2D eigenvalue weighted by molar-refractivity contribution is 0.111. The zero-order valence-electron chi connectivity index (χ0n) is 12.4. The fourth-order valence-electron chi connectivity index (χ4n) is 2.74. The van der Waals surface area contributed by atoms with Gasteiger partial charge in [-0.1, -0.05) is 0 Å². The number of nitrogens with two attached hydrogens (primary N) is 1. The fraction of sp³-hybridized carbons (Fsp3) is 0.688. The van der Waals surface area contributed by atoms with Crippen LogP contribution in [0.3, 0.4) is 0 Å². The Bertz CT molecular complexity index is 469. The van der Waals surface area contributed by atoms with Gasteiger partial charge in [0.05, 0.1) is 18.4 Å². The highest BCUT2D eigenvalue weighted by molar-refractivity contribution is 5.53. The van der Waals surface area contributed by atoms with Crippen molar-refractivity contribution in [2.24, 2.45) is 11.8 Å². The summed E-state index contributed by atoms with van der Waals surface area (Å²) in [6.07, 6.45) is 6.39. The van der Waals surface area contributed by atoms with Crippen molar-refractivity contribution in [2.75, 3.05) is 24.2 Å². The van der Waals surface area contributed by atoms with Crippen molar-refractivity contribution in [3.05, 3.63) is 12.1 Å². The molecule has 0 atom stereocenters. The molecule has 2 aliphatic rings. The van der Waals surface area contributed by atoms with Crippen molar-refractivity contribution in [1.29, 1.82) is 0 Å². The number of pyridine rings is 1. The number of anilines is 2. The number of nitrogens with zero attached hydrogens (tertiary/aromatic N) is 1. The van der Waals surface area contributed by atoms with Gasteiger partial charge in [0.2, 0.25) is 5.88 Å². The Hall–Kier alpha value is -1.49. The second-order valence-electron chi connectivity index (χ2n) is 6.40. The molecular formula is C16H25N3O2. The normalized spacial score (nSPS) is 25.6. The third-order valence-corrected chi connectivity index (χ3v) is 4.43. The minimum absolute atomic E-state index is 0.0988. The van der Waals surface area contributed by atoms with Gasteiger partial charge >= 0.3 is 0 Å². The quantitative estimate of drug-likeness (QED) is 0.750. The fourth-order valence-corrected chi connectivity index (χ4v) is 2.74. The largest absolute Gasteiger partial charge is 0.476 e. The Morgan fingerprint density at radius 1 is 1.14 bits per heavy atom. The number of ether oxygens (including phenoxy) is 1. The molecule has 2 fully saturated rings. The summed E-state index contributed by atoms with van der Waals surface area (Å²) in [7, 11) is 0. The van der Waals surface area contributed by atoms with Crippen LogP contribution >= 0.6 is 0 Å². The molecule has 1 heterocycles. The molecule has 0 bridgehead atoms. The zero-order valence-corrected chi connectivity index (χ0v) is 12.4. The van der Waals surface area contributed by atoms with E-state index in [1.54, 1.807) is 0 Å². The molecule has 0 saturated heterocycles. The van der Waals surface area contributed by atoms with Crippen molar-refractivity contribution < 1.29 is 9.84 Å². The second-order valence-corrected chi connectivity index (χ2v) is 6.40. The highest BCUT2D eigenvalue weighted by Crippen LogP contribution is 2.31. The monoisotopic (exact) mass is 291 g/mol. The van der Waals surface area contributed by atoms with Gasteiger partial charge in [-0.25, -0.2) is 0 Å². The maximum Gasteiger partial charge on any atom is 0.239 e. The Morgan fingerprint density at radius 3 is 2.57 bits per heavy atom. The van der Waals surface area contributed by atoms with E-state index in [0.717, 1.165) is 44.7 Å². The van der Waals surface area contributed by atoms with E-state index in [0.29, 0.717) is 23.4 Å². The average molecular weight is 291 g/mol. The molecule has 0 aliphatic heterocycles. The minimum atomic E-state index is -0.0988. The number of hydrogen-bond acceptors (Lipinski definition) is 5. The maximum atomic E-state index is 9.52. The Kier molecular flexibility index (Phi) is 4.48. The first kappa shape index (κ1) is 14.4. The van der Waals surface area contributed by atoms with E-state index in [4.69, 9.17) is 10.5 Å². The summed E-state index contributed by atoms with van der Waals surface area (Å²) < 4.78 is 5.70. The van der Waals surface area contributed by atoms with Gasteiger partial charge in [0.1, 0.15) is 5.82 Å². The van der Waals surface area contributed by atoms with E-state index < -0.39 is 0 Å². The molecule has 0 aromatic carbocycles. The molecule has 0 spiro atoms. The summed E-state index contributed by atoms with van der Waals surface area (Å²) in [5.41, 5.74) is 6.51. The first-order chi connectivity index (χ1) is 10.2. The molecular weight excluding hydrogens is 266 g/mol. The molecule has 5 nitrogen and oxygen atoms in total.